The van der Waals surface area contributed by atoms with E-state index in [-0.39, 0.29) is 0 Å². The summed E-state index contributed by atoms with van der Waals surface area (Å²) in [6, 6.07) is 96.2. The van der Waals surface area contributed by atoms with Crippen LogP contribution in [0.25, 0.3) is 103 Å². The molecule has 0 unspecified atom stereocenters. The Balaban J connectivity index is 0.877. The van der Waals surface area contributed by atoms with Crippen LogP contribution < -0.4 is 9.80 Å². The van der Waals surface area contributed by atoms with E-state index in [4.69, 9.17) is 0 Å². The predicted octanol–water partition coefficient (Wildman–Crippen LogP) is 19.2. The van der Waals surface area contributed by atoms with Crippen molar-refractivity contribution in [1.82, 2.24) is 4.57 Å². The first kappa shape index (κ1) is 39.5. The number of hydrogen-bond donors (Lipinski definition) is 0. The molecule has 15 rings (SSSR count). The van der Waals surface area contributed by atoms with Gasteiger partial charge in [-0.3, -0.25) is 0 Å². The number of rotatable bonds is 8. The highest BCUT2D eigenvalue weighted by Crippen LogP contribution is 2.45. The van der Waals surface area contributed by atoms with Crippen molar-refractivity contribution in [2.75, 3.05) is 9.80 Å². The van der Waals surface area contributed by atoms with Gasteiger partial charge in [-0.1, -0.05) is 164 Å². The summed E-state index contributed by atoms with van der Waals surface area (Å²) in [5.74, 6) is 0. The van der Waals surface area contributed by atoms with Crippen LogP contribution in [-0.2, 0) is 0 Å². The predicted molar refractivity (Wildman–Crippen MR) is 303 cm³/mol. The molecule has 0 aliphatic heterocycles. The molecule has 0 bridgehead atoms. The SMILES string of the molecule is c1ccc(N(c2cccc(-c3cccc(N(c4ccc(-n5c6ccccc6c6ccccc65)cc4)c4cc5ccc6cccc7ccc(c4)c5c67)c3)c2)c2cc3ccc4cccc5ccc(c2)c3c45)cc1. The van der Waals surface area contributed by atoms with Gasteiger partial charge >= 0.3 is 0 Å². The van der Waals surface area contributed by atoms with Gasteiger partial charge in [0, 0.05) is 50.6 Å². The molecule has 0 N–H and O–H groups in total. The molecule has 330 valence electrons. The number of aromatic nitrogens is 1. The lowest BCUT2D eigenvalue weighted by molar-refractivity contribution is 1.17. The second-order valence-corrected chi connectivity index (χ2v) is 18.9. The van der Waals surface area contributed by atoms with Crippen molar-refractivity contribution in [2.24, 2.45) is 0 Å². The molecule has 14 aromatic carbocycles. The van der Waals surface area contributed by atoms with Crippen molar-refractivity contribution >= 4 is 121 Å². The van der Waals surface area contributed by atoms with E-state index in [9.17, 15) is 0 Å². The number of anilines is 6. The van der Waals surface area contributed by atoms with Gasteiger partial charge in [0.05, 0.1) is 11.0 Å². The first-order valence-corrected chi connectivity index (χ1v) is 24.5. The van der Waals surface area contributed by atoms with E-state index in [1.54, 1.807) is 0 Å². The monoisotopic (exact) mass is 901 g/mol. The molecule has 0 radical (unpaired) electrons. The van der Waals surface area contributed by atoms with E-state index in [0.717, 1.165) is 50.9 Å². The third-order valence-corrected chi connectivity index (χ3v) is 14.9. The van der Waals surface area contributed by atoms with Crippen LogP contribution >= 0.6 is 0 Å². The molecular formula is C68H43N3. The smallest absolute Gasteiger partial charge is 0.0541 e. The molecule has 0 aliphatic carbocycles. The van der Waals surface area contributed by atoms with E-state index < -0.39 is 0 Å². The van der Waals surface area contributed by atoms with Crippen molar-refractivity contribution in [3.8, 4) is 16.8 Å². The number of benzene rings is 14. The van der Waals surface area contributed by atoms with Crippen molar-refractivity contribution in [3.63, 3.8) is 0 Å². The molecule has 0 fully saturated rings. The van der Waals surface area contributed by atoms with Gasteiger partial charge in [0.1, 0.15) is 0 Å². The number of fused-ring (bicyclic) bond motifs is 3. The topological polar surface area (TPSA) is 11.4 Å². The average molecular weight is 902 g/mol. The summed E-state index contributed by atoms with van der Waals surface area (Å²) < 4.78 is 2.39. The Hall–Kier alpha value is -9.44. The second-order valence-electron chi connectivity index (χ2n) is 18.9. The molecule has 0 aliphatic rings. The summed E-state index contributed by atoms with van der Waals surface area (Å²) in [6.45, 7) is 0. The molecule has 3 heteroatoms. The Morgan fingerprint density at radius 1 is 0.225 bits per heavy atom. The number of hydrogen-bond acceptors (Lipinski definition) is 2. The summed E-state index contributed by atoms with van der Waals surface area (Å²) in [5.41, 5.74) is 12.4. The zero-order valence-electron chi connectivity index (χ0n) is 38.7. The minimum Gasteiger partial charge on any atom is -0.310 e. The van der Waals surface area contributed by atoms with Crippen molar-refractivity contribution in [3.05, 3.63) is 261 Å². The largest absolute Gasteiger partial charge is 0.310 e. The molecule has 1 heterocycles. The van der Waals surface area contributed by atoms with Crippen LogP contribution in [0.3, 0.4) is 0 Å². The Morgan fingerprint density at radius 3 is 1.03 bits per heavy atom. The normalized spacial score (nSPS) is 11.9. The Labute approximate surface area is 410 Å². The summed E-state index contributed by atoms with van der Waals surface area (Å²) in [7, 11) is 0. The van der Waals surface area contributed by atoms with Crippen LogP contribution in [0.1, 0.15) is 0 Å². The van der Waals surface area contributed by atoms with Crippen LogP contribution in [0.15, 0.2) is 261 Å². The molecule has 0 amide bonds. The van der Waals surface area contributed by atoms with E-state index in [0.29, 0.717) is 0 Å². The van der Waals surface area contributed by atoms with E-state index in [1.807, 2.05) is 0 Å². The maximum absolute atomic E-state index is 2.43. The third kappa shape index (κ3) is 6.23. The zero-order valence-corrected chi connectivity index (χ0v) is 38.7. The fourth-order valence-electron chi connectivity index (χ4n) is 11.8. The van der Waals surface area contributed by atoms with Crippen LogP contribution in [-0.4, -0.2) is 4.57 Å². The minimum atomic E-state index is 1.08. The number of para-hydroxylation sites is 3. The van der Waals surface area contributed by atoms with Gasteiger partial charge in [0.25, 0.3) is 0 Å². The average Bonchev–Trinajstić information content (AvgIpc) is 3.77. The Morgan fingerprint density at radius 2 is 0.577 bits per heavy atom. The summed E-state index contributed by atoms with van der Waals surface area (Å²) in [6.07, 6.45) is 0. The van der Waals surface area contributed by atoms with Gasteiger partial charge in [0.2, 0.25) is 0 Å². The van der Waals surface area contributed by atoms with Crippen LogP contribution in [0.4, 0.5) is 34.1 Å². The molecule has 0 saturated heterocycles. The fourth-order valence-corrected chi connectivity index (χ4v) is 11.8. The van der Waals surface area contributed by atoms with Crippen LogP contribution in [0, 0.1) is 0 Å². The molecule has 0 spiro atoms. The van der Waals surface area contributed by atoms with Crippen LogP contribution in [0.5, 0.6) is 0 Å². The van der Waals surface area contributed by atoms with Crippen molar-refractivity contribution < 1.29 is 0 Å². The first-order valence-electron chi connectivity index (χ1n) is 24.5. The van der Waals surface area contributed by atoms with Gasteiger partial charge in [-0.25, -0.2) is 0 Å². The fraction of sp³-hybridized carbons (Fsp3) is 0. The summed E-state index contributed by atoms with van der Waals surface area (Å²) in [4.78, 5) is 4.83. The molecule has 3 nitrogen and oxygen atoms in total. The lowest BCUT2D eigenvalue weighted by Crippen LogP contribution is -2.11. The minimum absolute atomic E-state index is 1.08. The Kier molecular flexibility index (Phi) is 8.66. The highest BCUT2D eigenvalue weighted by Gasteiger charge is 2.21. The van der Waals surface area contributed by atoms with Gasteiger partial charge in [-0.05, 0) is 173 Å². The summed E-state index contributed by atoms with van der Waals surface area (Å²) in [5, 5.41) is 17.8. The highest BCUT2D eigenvalue weighted by molar-refractivity contribution is 6.25. The van der Waals surface area contributed by atoms with Gasteiger partial charge in [0.15, 0.2) is 0 Å². The Bertz CT molecular complexity index is 4350. The van der Waals surface area contributed by atoms with E-state index in [1.165, 1.54) is 86.4 Å². The van der Waals surface area contributed by atoms with E-state index >= 15 is 0 Å². The molecule has 1 aromatic heterocycles. The molecule has 0 atom stereocenters. The highest BCUT2D eigenvalue weighted by atomic mass is 15.1. The first-order chi connectivity index (χ1) is 35.2. The maximum Gasteiger partial charge on any atom is 0.0541 e. The van der Waals surface area contributed by atoms with Gasteiger partial charge < -0.3 is 14.4 Å². The lowest BCUT2D eigenvalue weighted by Gasteiger charge is -2.28. The van der Waals surface area contributed by atoms with Crippen LogP contribution in [0.2, 0.25) is 0 Å². The molecule has 0 saturated carbocycles. The standard InChI is InChI=1S/C68H43N3/c1-2-18-54(19-3-1)69(59-40-50-30-26-44-12-8-13-45-27-31-51(41-59)67(50)65(44)45)57-20-10-16-48(38-57)49-17-11-21-58(39-49)70(60-42-52-32-28-46-14-9-15-47-29-33-53(43-60)68(52)66(46)47)55-34-36-56(37-35-55)71-63-24-6-4-22-61(63)62-23-5-7-25-64(62)71/h1-43H. The molecule has 15 aromatic rings. The second kappa shape index (κ2) is 15.5. The number of nitrogens with zero attached hydrogens (tertiary/aromatic N) is 3. The zero-order chi connectivity index (χ0) is 46.6. The summed E-state index contributed by atoms with van der Waals surface area (Å²) >= 11 is 0. The van der Waals surface area contributed by atoms with Crippen molar-refractivity contribution in [2.45, 2.75) is 0 Å². The molecule has 71 heavy (non-hydrogen) atoms. The maximum atomic E-state index is 2.43. The quantitative estimate of drug-likeness (QED) is 0.141. The van der Waals surface area contributed by atoms with Gasteiger partial charge in [-0.2, -0.15) is 0 Å². The van der Waals surface area contributed by atoms with Gasteiger partial charge in [-0.15, -0.1) is 0 Å². The third-order valence-electron chi connectivity index (χ3n) is 14.9. The van der Waals surface area contributed by atoms with Crippen molar-refractivity contribution in [1.29, 1.82) is 0 Å². The molecular weight excluding hydrogens is 859 g/mol. The van der Waals surface area contributed by atoms with E-state index in [2.05, 4.69) is 275 Å². The lowest BCUT2D eigenvalue weighted by atomic mass is 9.93.